The third-order valence-corrected chi connectivity index (χ3v) is 4.41. The summed E-state index contributed by atoms with van der Waals surface area (Å²) in [6, 6.07) is 8.07. The van der Waals surface area contributed by atoms with Crippen LogP contribution in [0, 0.1) is 12.3 Å². The molecule has 132 valence electrons. The number of hydrogen-bond donors (Lipinski definition) is 1. The Morgan fingerprint density at radius 2 is 1.71 bits per heavy atom. The molecule has 1 saturated heterocycles. The molecule has 0 bridgehead atoms. The van der Waals surface area contributed by atoms with Gasteiger partial charge in [-0.3, -0.25) is 14.5 Å². The molecule has 2 rings (SSSR count). The second-order valence-corrected chi connectivity index (χ2v) is 7.52. The minimum atomic E-state index is -0.340. The number of rotatable bonds is 4. The normalized spacial score (nSPS) is 16.1. The van der Waals surface area contributed by atoms with Crippen LogP contribution >= 0.6 is 0 Å². The minimum Gasteiger partial charge on any atom is -0.351 e. The summed E-state index contributed by atoms with van der Waals surface area (Å²) in [6.07, 6.45) is 0. The first-order valence-electron chi connectivity index (χ1n) is 8.60. The summed E-state index contributed by atoms with van der Waals surface area (Å²) in [5.74, 6) is 0.222. The highest BCUT2D eigenvalue weighted by atomic mass is 16.2. The molecule has 1 aliphatic heterocycles. The molecule has 24 heavy (non-hydrogen) atoms. The number of carbonyl (C=O) groups excluding carboxylic acids is 2. The van der Waals surface area contributed by atoms with Crippen LogP contribution in [-0.2, 0) is 16.1 Å². The summed E-state index contributed by atoms with van der Waals surface area (Å²) >= 11 is 0. The maximum absolute atomic E-state index is 12.3. The lowest BCUT2D eigenvalue weighted by molar-refractivity contribution is -0.141. The fourth-order valence-electron chi connectivity index (χ4n) is 2.84. The highest BCUT2D eigenvalue weighted by Gasteiger charge is 2.29. The zero-order chi connectivity index (χ0) is 17.7. The van der Waals surface area contributed by atoms with Gasteiger partial charge in [-0.2, -0.15) is 0 Å². The van der Waals surface area contributed by atoms with Crippen molar-refractivity contribution in [1.29, 1.82) is 0 Å². The molecule has 0 aromatic heterocycles. The lowest BCUT2D eigenvalue weighted by Gasteiger charge is -2.37. The van der Waals surface area contributed by atoms with Gasteiger partial charge in [0.1, 0.15) is 0 Å². The lowest BCUT2D eigenvalue weighted by Crippen LogP contribution is -2.53. The van der Waals surface area contributed by atoms with Crippen molar-refractivity contribution in [1.82, 2.24) is 15.1 Å². The second-order valence-electron chi connectivity index (χ2n) is 7.52. The van der Waals surface area contributed by atoms with E-state index < -0.39 is 0 Å². The molecule has 1 aromatic rings. The van der Waals surface area contributed by atoms with Crippen molar-refractivity contribution in [3.8, 4) is 0 Å². The molecule has 1 heterocycles. The number of benzene rings is 1. The van der Waals surface area contributed by atoms with Crippen molar-refractivity contribution in [2.45, 2.75) is 34.2 Å². The molecule has 5 heteroatoms. The topological polar surface area (TPSA) is 52.7 Å². The van der Waals surface area contributed by atoms with Crippen LogP contribution in [0.1, 0.15) is 31.9 Å². The van der Waals surface area contributed by atoms with E-state index in [0.717, 1.165) is 18.7 Å². The van der Waals surface area contributed by atoms with Gasteiger partial charge in [-0.05, 0) is 18.1 Å². The Bertz CT molecular complexity index is 585. The van der Waals surface area contributed by atoms with E-state index in [1.807, 2.05) is 56.9 Å². The van der Waals surface area contributed by atoms with E-state index in [2.05, 4.69) is 10.2 Å². The quantitative estimate of drug-likeness (QED) is 0.915. The number of piperazine rings is 1. The van der Waals surface area contributed by atoms with E-state index in [-0.39, 0.29) is 17.2 Å². The molecular formula is C19H29N3O2. The molecule has 0 atom stereocenters. The van der Waals surface area contributed by atoms with Gasteiger partial charge in [0.25, 0.3) is 0 Å². The lowest BCUT2D eigenvalue weighted by atomic mass is 9.94. The molecule has 1 fully saturated rings. The maximum atomic E-state index is 12.3. The predicted octanol–water partition coefficient (Wildman–Crippen LogP) is 1.80. The van der Waals surface area contributed by atoms with E-state index in [1.165, 1.54) is 5.56 Å². The fraction of sp³-hybridized carbons (Fsp3) is 0.579. The summed E-state index contributed by atoms with van der Waals surface area (Å²) in [4.78, 5) is 28.4. The van der Waals surface area contributed by atoms with Crippen molar-refractivity contribution in [3.05, 3.63) is 35.4 Å². The monoisotopic (exact) mass is 331 g/mol. The Labute approximate surface area is 145 Å². The van der Waals surface area contributed by atoms with Crippen LogP contribution in [0.3, 0.4) is 0 Å². The standard InChI is InChI=1S/C19H29N3O2/c1-15-7-5-6-8-16(15)13-20-17(23)14-21-9-11-22(12-10-21)18(24)19(2,3)4/h5-8H,9-14H2,1-4H3,(H,20,23). The largest absolute Gasteiger partial charge is 0.351 e. The van der Waals surface area contributed by atoms with Crippen LogP contribution in [0.2, 0.25) is 0 Å². The van der Waals surface area contributed by atoms with Gasteiger partial charge in [0, 0.05) is 38.1 Å². The molecule has 0 spiro atoms. The Kier molecular flexibility index (Phi) is 5.99. The summed E-state index contributed by atoms with van der Waals surface area (Å²) in [6.45, 7) is 11.7. The molecule has 0 aliphatic carbocycles. The molecule has 1 N–H and O–H groups in total. The van der Waals surface area contributed by atoms with Crippen molar-refractivity contribution in [2.24, 2.45) is 5.41 Å². The smallest absolute Gasteiger partial charge is 0.234 e. The number of hydrogen-bond acceptors (Lipinski definition) is 3. The maximum Gasteiger partial charge on any atom is 0.234 e. The van der Waals surface area contributed by atoms with Crippen LogP contribution in [0.25, 0.3) is 0 Å². The average Bonchev–Trinajstić information content (AvgIpc) is 2.53. The zero-order valence-electron chi connectivity index (χ0n) is 15.3. The molecule has 1 aromatic carbocycles. The third kappa shape index (κ3) is 5.06. The average molecular weight is 331 g/mol. The molecule has 1 aliphatic rings. The van der Waals surface area contributed by atoms with E-state index in [1.54, 1.807) is 0 Å². The van der Waals surface area contributed by atoms with E-state index >= 15 is 0 Å². The van der Waals surface area contributed by atoms with Gasteiger partial charge >= 0.3 is 0 Å². The fourth-order valence-corrected chi connectivity index (χ4v) is 2.84. The Hall–Kier alpha value is -1.88. The Morgan fingerprint density at radius 3 is 2.29 bits per heavy atom. The van der Waals surface area contributed by atoms with Crippen molar-refractivity contribution < 1.29 is 9.59 Å². The Morgan fingerprint density at radius 1 is 1.08 bits per heavy atom. The molecule has 0 radical (unpaired) electrons. The zero-order valence-corrected chi connectivity index (χ0v) is 15.3. The molecular weight excluding hydrogens is 302 g/mol. The van der Waals surface area contributed by atoms with E-state index in [4.69, 9.17) is 0 Å². The first kappa shape index (κ1) is 18.5. The van der Waals surface area contributed by atoms with Gasteiger partial charge in [-0.15, -0.1) is 0 Å². The third-order valence-electron chi connectivity index (χ3n) is 4.41. The highest BCUT2D eigenvalue weighted by molar-refractivity contribution is 5.81. The van der Waals surface area contributed by atoms with E-state index in [0.29, 0.717) is 26.2 Å². The van der Waals surface area contributed by atoms with Crippen LogP contribution in [0.4, 0.5) is 0 Å². The number of carbonyl (C=O) groups is 2. The number of amides is 2. The molecule has 0 unspecified atom stereocenters. The van der Waals surface area contributed by atoms with Crippen molar-refractivity contribution in [3.63, 3.8) is 0 Å². The van der Waals surface area contributed by atoms with Crippen molar-refractivity contribution in [2.75, 3.05) is 32.7 Å². The van der Waals surface area contributed by atoms with Crippen molar-refractivity contribution >= 4 is 11.8 Å². The Balaban J connectivity index is 1.74. The summed E-state index contributed by atoms with van der Waals surface area (Å²) in [7, 11) is 0. The minimum absolute atomic E-state index is 0.0360. The first-order chi connectivity index (χ1) is 11.3. The van der Waals surface area contributed by atoms with Crippen LogP contribution in [0.5, 0.6) is 0 Å². The van der Waals surface area contributed by atoms with Crippen LogP contribution in [0.15, 0.2) is 24.3 Å². The van der Waals surface area contributed by atoms with Gasteiger partial charge in [0.05, 0.1) is 6.54 Å². The number of aryl methyl sites for hydroxylation is 1. The molecule has 2 amide bonds. The number of nitrogens with zero attached hydrogens (tertiary/aromatic N) is 2. The highest BCUT2D eigenvalue weighted by Crippen LogP contribution is 2.18. The van der Waals surface area contributed by atoms with Crippen LogP contribution in [-0.4, -0.2) is 54.3 Å². The second kappa shape index (κ2) is 7.79. The van der Waals surface area contributed by atoms with E-state index in [9.17, 15) is 9.59 Å². The first-order valence-corrected chi connectivity index (χ1v) is 8.60. The summed E-state index contributed by atoms with van der Waals surface area (Å²) in [5.41, 5.74) is 1.99. The van der Waals surface area contributed by atoms with Gasteiger partial charge < -0.3 is 10.2 Å². The summed E-state index contributed by atoms with van der Waals surface area (Å²) < 4.78 is 0. The predicted molar refractivity (Wildman–Crippen MR) is 95.5 cm³/mol. The number of nitrogens with one attached hydrogen (secondary N) is 1. The van der Waals surface area contributed by atoms with Gasteiger partial charge in [-0.25, -0.2) is 0 Å². The van der Waals surface area contributed by atoms with Gasteiger partial charge in [-0.1, -0.05) is 45.0 Å². The van der Waals surface area contributed by atoms with Gasteiger partial charge in [0.15, 0.2) is 0 Å². The summed E-state index contributed by atoms with van der Waals surface area (Å²) in [5, 5.41) is 2.98. The molecule has 5 nitrogen and oxygen atoms in total. The van der Waals surface area contributed by atoms with Gasteiger partial charge in [0.2, 0.25) is 11.8 Å². The molecule has 0 saturated carbocycles. The SMILES string of the molecule is Cc1ccccc1CNC(=O)CN1CCN(C(=O)C(C)(C)C)CC1. The van der Waals surface area contributed by atoms with Crippen LogP contribution < -0.4 is 5.32 Å².